The zero-order valence-corrected chi connectivity index (χ0v) is 11.6. The number of aromatic nitrogens is 1. The highest BCUT2D eigenvalue weighted by Gasteiger charge is 2.14. The molecule has 0 aromatic carbocycles. The molecule has 1 aliphatic carbocycles. The van der Waals surface area contributed by atoms with Crippen molar-refractivity contribution in [1.29, 1.82) is 0 Å². The van der Waals surface area contributed by atoms with Crippen LogP contribution in [0.5, 0.6) is 0 Å². The van der Waals surface area contributed by atoms with Gasteiger partial charge in [-0.15, -0.1) is 0 Å². The number of esters is 1. The lowest BCUT2D eigenvalue weighted by Gasteiger charge is -2.08. The Kier molecular flexibility index (Phi) is 4.99. The van der Waals surface area contributed by atoms with Crippen molar-refractivity contribution in [3.63, 3.8) is 0 Å². The van der Waals surface area contributed by atoms with Gasteiger partial charge < -0.3 is 10.1 Å². The smallest absolute Gasteiger partial charge is 0.349 e. The largest absolute Gasteiger partial charge is 0.465 e. The molecule has 1 fully saturated rings. The predicted octanol–water partition coefficient (Wildman–Crippen LogP) is 3.31. The van der Waals surface area contributed by atoms with Gasteiger partial charge in [-0.25, -0.2) is 9.78 Å². The Morgan fingerprint density at radius 3 is 3.06 bits per heavy atom. The third-order valence-corrected chi connectivity index (χ3v) is 4.37. The summed E-state index contributed by atoms with van der Waals surface area (Å²) < 4.78 is 4.65. The number of carbonyl (C=O) groups is 1. The number of nitrogens with one attached hydrogen (secondary N) is 1. The van der Waals surface area contributed by atoms with Crippen molar-refractivity contribution in [1.82, 2.24) is 4.98 Å². The van der Waals surface area contributed by atoms with E-state index in [2.05, 4.69) is 15.0 Å². The first-order chi connectivity index (χ1) is 8.79. The van der Waals surface area contributed by atoms with Gasteiger partial charge in [0.1, 0.15) is 4.88 Å². The zero-order valence-electron chi connectivity index (χ0n) is 10.8. The fourth-order valence-corrected chi connectivity index (χ4v) is 3.20. The molecule has 1 aliphatic rings. The molecule has 1 aromatic rings. The van der Waals surface area contributed by atoms with E-state index in [1.807, 2.05) is 0 Å². The van der Waals surface area contributed by atoms with Crippen molar-refractivity contribution in [3.05, 3.63) is 11.1 Å². The Morgan fingerprint density at radius 2 is 2.33 bits per heavy atom. The number of anilines is 1. The summed E-state index contributed by atoms with van der Waals surface area (Å²) >= 11 is 1.35. The number of ether oxygens (including phenoxy) is 1. The van der Waals surface area contributed by atoms with Gasteiger partial charge >= 0.3 is 5.97 Å². The first-order valence-corrected chi connectivity index (χ1v) is 7.39. The molecule has 0 spiro atoms. The summed E-state index contributed by atoms with van der Waals surface area (Å²) in [4.78, 5) is 16.0. The van der Waals surface area contributed by atoms with Gasteiger partial charge in [0, 0.05) is 6.54 Å². The van der Waals surface area contributed by atoms with Gasteiger partial charge in [0.2, 0.25) is 0 Å². The second kappa shape index (κ2) is 6.73. The molecular formula is C13H20N2O2S. The van der Waals surface area contributed by atoms with E-state index in [-0.39, 0.29) is 5.97 Å². The van der Waals surface area contributed by atoms with Gasteiger partial charge in [-0.3, -0.25) is 0 Å². The highest BCUT2D eigenvalue weighted by Crippen LogP contribution is 2.28. The lowest BCUT2D eigenvalue weighted by Crippen LogP contribution is -2.03. The second-order valence-electron chi connectivity index (χ2n) is 4.74. The van der Waals surface area contributed by atoms with E-state index in [0.29, 0.717) is 4.88 Å². The molecule has 0 radical (unpaired) electrons. The minimum absolute atomic E-state index is 0.313. The highest BCUT2D eigenvalue weighted by atomic mass is 32.1. The third kappa shape index (κ3) is 3.70. The van der Waals surface area contributed by atoms with Crippen LogP contribution in [0.15, 0.2) is 6.20 Å². The van der Waals surface area contributed by atoms with Crippen molar-refractivity contribution < 1.29 is 9.53 Å². The molecule has 0 saturated heterocycles. The lowest BCUT2D eigenvalue weighted by atomic mass is 10.0. The summed E-state index contributed by atoms with van der Waals surface area (Å²) in [6.07, 6.45) is 9.68. The SMILES string of the molecule is COC(=O)c1cnc(NCCCC2CCCC2)s1. The minimum atomic E-state index is -0.313. The molecule has 0 atom stereocenters. The number of methoxy groups -OCH3 is 1. The highest BCUT2D eigenvalue weighted by molar-refractivity contribution is 7.17. The molecule has 1 saturated carbocycles. The average Bonchev–Trinajstić information content (AvgIpc) is 3.05. The fraction of sp³-hybridized carbons (Fsp3) is 0.692. The number of carbonyl (C=O) groups excluding carboxylic acids is 1. The van der Waals surface area contributed by atoms with E-state index in [1.54, 1.807) is 6.20 Å². The predicted molar refractivity (Wildman–Crippen MR) is 73.1 cm³/mol. The summed E-state index contributed by atoms with van der Waals surface area (Å²) in [5.74, 6) is 0.625. The van der Waals surface area contributed by atoms with Crippen molar-refractivity contribution in [2.75, 3.05) is 19.0 Å². The average molecular weight is 268 g/mol. The maximum Gasteiger partial charge on any atom is 0.349 e. The van der Waals surface area contributed by atoms with Crippen LogP contribution in [0, 0.1) is 5.92 Å². The molecule has 0 bridgehead atoms. The monoisotopic (exact) mass is 268 g/mol. The van der Waals surface area contributed by atoms with E-state index in [1.165, 1.54) is 57.0 Å². The Bertz CT molecular complexity index is 386. The molecule has 1 N–H and O–H groups in total. The van der Waals surface area contributed by atoms with Crippen LogP contribution in [0.2, 0.25) is 0 Å². The van der Waals surface area contributed by atoms with Gasteiger partial charge in [0.25, 0.3) is 0 Å². The van der Waals surface area contributed by atoms with E-state index in [4.69, 9.17) is 0 Å². The molecule has 2 rings (SSSR count). The molecule has 18 heavy (non-hydrogen) atoms. The Morgan fingerprint density at radius 1 is 1.56 bits per heavy atom. The summed E-state index contributed by atoms with van der Waals surface area (Å²) in [6.45, 7) is 0.935. The van der Waals surface area contributed by atoms with Crippen LogP contribution < -0.4 is 5.32 Å². The fourth-order valence-electron chi connectivity index (χ4n) is 2.44. The lowest BCUT2D eigenvalue weighted by molar-refractivity contribution is 0.0606. The quantitative estimate of drug-likeness (QED) is 0.635. The summed E-state index contributed by atoms with van der Waals surface area (Å²) in [6, 6.07) is 0. The molecule has 100 valence electrons. The summed E-state index contributed by atoms with van der Waals surface area (Å²) in [5.41, 5.74) is 0. The second-order valence-corrected chi connectivity index (χ2v) is 5.77. The van der Waals surface area contributed by atoms with Gasteiger partial charge in [-0.2, -0.15) is 0 Å². The van der Waals surface area contributed by atoms with E-state index >= 15 is 0 Å². The molecule has 0 aliphatic heterocycles. The van der Waals surface area contributed by atoms with Crippen molar-refractivity contribution >= 4 is 22.4 Å². The van der Waals surface area contributed by atoms with Crippen LogP contribution in [0.1, 0.15) is 48.2 Å². The van der Waals surface area contributed by atoms with Crippen molar-refractivity contribution in [3.8, 4) is 0 Å². The zero-order chi connectivity index (χ0) is 12.8. The van der Waals surface area contributed by atoms with Crippen molar-refractivity contribution in [2.45, 2.75) is 38.5 Å². The number of hydrogen-bond donors (Lipinski definition) is 1. The van der Waals surface area contributed by atoms with E-state index in [0.717, 1.165) is 17.6 Å². The molecular weight excluding hydrogens is 248 g/mol. The van der Waals surface area contributed by atoms with Crippen LogP contribution in [0.25, 0.3) is 0 Å². The van der Waals surface area contributed by atoms with Crippen molar-refractivity contribution in [2.24, 2.45) is 5.92 Å². The van der Waals surface area contributed by atoms with Gasteiger partial charge in [0.15, 0.2) is 5.13 Å². The number of rotatable bonds is 6. The van der Waals surface area contributed by atoms with Gasteiger partial charge in [-0.05, 0) is 18.8 Å². The van der Waals surface area contributed by atoms with Crippen LogP contribution in [0.4, 0.5) is 5.13 Å². The molecule has 5 heteroatoms. The van der Waals surface area contributed by atoms with E-state index in [9.17, 15) is 4.79 Å². The number of nitrogens with zero attached hydrogens (tertiary/aromatic N) is 1. The Labute approximate surface area is 112 Å². The summed E-state index contributed by atoms with van der Waals surface area (Å²) in [7, 11) is 1.39. The molecule has 4 nitrogen and oxygen atoms in total. The Balaban J connectivity index is 1.66. The van der Waals surface area contributed by atoms with Crippen LogP contribution in [-0.4, -0.2) is 24.6 Å². The normalized spacial score (nSPS) is 15.8. The van der Waals surface area contributed by atoms with Crippen LogP contribution in [0.3, 0.4) is 0 Å². The van der Waals surface area contributed by atoms with Gasteiger partial charge in [0.05, 0.1) is 13.3 Å². The Hall–Kier alpha value is -1.10. The van der Waals surface area contributed by atoms with Crippen LogP contribution in [-0.2, 0) is 4.74 Å². The molecule has 1 heterocycles. The maximum absolute atomic E-state index is 11.3. The third-order valence-electron chi connectivity index (χ3n) is 3.43. The first-order valence-electron chi connectivity index (χ1n) is 6.57. The standard InChI is InChI=1S/C13H20N2O2S/c1-17-12(16)11-9-15-13(18-11)14-8-4-7-10-5-2-3-6-10/h9-10H,2-8H2,1H3,(H,14,15). The maximum atomic E-state index is 11.3. The van der Waals surface area contributed by atoms with Gasteiger partial charge in [-0.1, -0.05) is 37.0 Å². The minimum Gasteiger partial charge on any atom is -0.465 e. The molecule has 0 unspecified atom stereocenters. The topological polar surface area (TPSA) is 51.2 Å². The van der Waals surface area contributed by atoms with E-state index < -0.39 is 0 Å². The molecule has 0 amide bonds. The number of thiazole rings is 1. The molecule has 1 aromatic heterocycles. The van der Waals surface area contributed by atoms with Crippen LogP contribution >= 0.6 is 11.3 Å². The summed E-state index contributed by atoms with van der Waals surface area (Å²) in [5, 5.41) is 4.07. The first kappa shape index (κ1) is 13.3. The number of hydrogen-bond acceptors (Lipinski definition) is 5.